The van der Waals surface area contributed by atoms with Crippen molar-refractivity contribution in [1.29, 1.82) is 0 Å². The molecule has 0 aromatic rings. The van der Waals surface area contributed by atoms with Crippen LogP contribution in [-0.2, 0) is 4.79 Å². The van der Waals surface area contributed by atoms with Crippen LogP contribution in [0.3, 0.4) is 0 Å². The van der Waals surface area contributed by atoms with Crippen LogP contribution in [0.5, 0.6) is 0 Å². The summed E-state index contributed by atoms with van der Waals surface area (Å²) in [5, 5.41) is 9.24. The Kier molecular flexibility index (Phi) is 4.16. The van der Waals surface area contributed by atoms with Crippen LogP contribution in [0.25, 0.3) is 0 Å². The Balaban J connectivity index is 4.65. The van der Waals surface area contributed by atoms with E-state index in [0.717, 1.165) is 12.8 Å². The topological polar surface area (TPSA) is 37.3 Å². The lowest BCUT2D eigenvalue weighted by molar-refractivity contribution is -0.150. The summed E-state index contributed by atoms with van der Waals surface area (Å²) in [4.78, 5) is 11.2. The standard InChI is InChI=1S/C12H24O2/c1-9(2)7-12(6,10(13)14)8-11(3,4)5/h9H,7-8H2,1-6H3,(H,13,14). The largest absolute Gasteiger partial charge is 0.481 e. The molecule has 0 heterocycles. The minimum Gasteiger partial charge on any atom is -0.481 e. The molecule has 0 fully saturated rings. The Hall–Kier alpha value is -0.530. The molecule has 2 nitrogen and oxygen atoms in total. The van der Waals surface area contributed by atoms with Gasteiger partial charge in [0.1, 0.15) is 0 Å². The SMILES string of the molecule is CC(C)CC(C)(CC(C)(C)C)C(=O)O. The van der Waals surface area contributed by atoms with Crippen LogP contribution in [0.1, 0.15) is 54.4 Å². The van der Waals surface area contributed by atoms with E-state index >= 15 is 0 Å². The first-order valence-corrected chi connectivity index (χ1v) is 5.30. The molecule has 0 saturated heterocycles. The average molecular weight is 200 g/mol. The van der Waals surface area contributed by atoms with Gasteiger partial charge >= 0.3 is 5.97 Å². The summed E-state index contributed by atoms with van der Waals surface area (Å²) in [6.07, 6.45) is 1.48. The third-order valence-electron chi connectivity index (χ3n) is 2.30. The van der Waals surface area contributed by atoms with Gasteiger partial charge < -0.3 is 5.11 Å². The van der Waals surface area contributed by atoms with Gasteiger partial charge in [0, 0.05) is 0 Å². The number of hydrogen-bond acceptors (Lipinski definition) is 1. The van der Waals surface area contributed by atoms with E-state index in [-0.39, 0.29) is 5.41 Å². The fourth-order valence-corrected chi connectivity index (χ4v) is 2.31. The van der Waals surface area contributed by atoms with Crippen LogP contribution in [0.2, 0.25) is 0 Å². The van der Waals surface area contributed by atoms with Crippen molar-refractivity contribution in [2.45, 2.75) is 54.4 Å². The van der Waals surface area contributed by atoms with Gasteiger partial charge in [0.2, 0.25) is 0 Å². The number of carboxylic acids is 1. The minimum absolute atomic E-state index is 0.0715. The summed E-state index contributed by atoms with van der Waals surface area (Å²) in [5.41, 5.74) is -0.506. The van der Waals surface area contributed by atoms with Gasteiger partial charge in [-0.3, -0.25) is 4.79 Å². The van der Waals surface area contributed by atoms with Crippen molar-refractivity contribution in [2.75, 3.05) is 0 Å². The predicted molar refractivity (Wildman–Crippen MR) is 59.3 cm³/mol. The third kappa shape index (κ3) is 4.64. The van der Waals surface area contributed by atoms with Gasteiger partial charge in [-0.05, 0) is 31.1 Å². The van der Waals surface area contributed by atoms with Crippen LogP contribution in [0.15, 0.2) is 0 Å². The Morgan fingerprint density at radius 3 is 1.86 bits per heavy atom. The number of hydrogen-bond donors (Lipinski definition) is 1. The van der Waals surface area contributed by atoms with Crippen molar-refractivity contribution in [2.24, 2.45) is 16.7 Å². The lowest BCUT2D eigenvalue weighted by atomic mass is 9.71. The van der Waals surface area contributed by atoms with E-state index in [1.807, 2.05) is 6.92 Å². The molecule has 0 bridgehead atoms. The highest BCUT2D eigenvalue weighted by atomic mass is 16.4. The van der Waals surface area contributed by atoms with Crippen LogP contribution in [0, 0.1) is 16.7 Å². The number of carboxylic acid groups (broad SMARTS) is 1. The monoisotopic (exact) mass is 200 g/mol. The third-order valence-corrected chi connectivity index (χ3v) is 2.30. The second-order valence-corrected chi connectivity index (χ2v) is 6.20. The van der Waals surface area contributed by atoms with Crippen molar-refractivity contribution in [3.05, 3.63) is 0 Å². The van der Waals surface area contributed by atoms with E-state index in [0.29, 0.717) is 5.92 Å². The van der Waals surface area contributed by atoms with Gasteiger partial charge in [-0.25, -0.2) is 0 Å². The van der Waals surface area contributed by atoms with E-state index in [1.165, 1.54) is 0 Å². The van der Waals surface area contributed by atoms with Gasteiger partial charge in [0.15, 0.2) is 0 Å². The maximum absolute atomic E-state index is 11.2. The minimum atomic E-state index is -0.666. The van der Waals surface area contributed by atoms with E-state index in [1.54, 1.807) is 0 Å². The Morgan fingerprint density at radius 2 is 1.64 bits per heavy atom. The molecule has 0 aliphatic heterocycles. The molecule has 84 valence electrons. The first kappa shape index (κ1) is 13.5. The summed E-state index contributed by atoms with van der Waals surface area (Å²) in [5.74, 6) is -0.237. The zero-order valence-corrected chi connectivity index (χ0v) is 10.3. The second kappa shape index (κ2) is 4.33. The lowest BCUT2D eigenvalue weighted by Crippen LogP contribution is -2.33. The van der Waals surface area contributed by atoms with Gasteiger partial charge in [0.05, 0.1) is 5.41 Å². The molecular formula is C12H24O2. The summed E-state index contributed by atoms with van der Waals surface area (Å²) in [7, 11) is 0. The van der Waals surface area contributed by atoms with Gasteiger partial charge in [-0.2, -0.15) is 0 Å². The summed E-state index contributed by atoms with van der Waals surface area (Å²) in [6.45, 7) is 12.3. The maximum atomic E-state index is 11.2. The summed E-state index contributed by atoms with van der Waals surface area (Å²) < 4.78 is 0. The van der Waals surface area contributed by atoms with Crippen LogP contribution in [-0.4, -0.2) is 11.1 Å². The van der Waals surface area contributed by atoms with Crippen LogP contribution in [0.4, 0.5) is 0 Å². The van der Waals surface area contributed by atoms with Gasteiger partial charge in [-0.1, -0.05) is 34.6 Å². The fraction of sp³-hybridized carbons (Fsp3) is 0.917. The van der Waals surface area contributed by atoms with Gasteiger partial charge in [0.25, 0.3) is 0 Å². The molecule has 0 amide bonds. The molecule has 1 atom stereocenters. The van der Waals surface area contributed by atoms with E-state index in [9.17, 15) is 9.90 Å². The molecule has 0 spiro atoms. The summed E-state index contributed by atoms with van der Waals surface area (Å²) >= 11 is 0. The lowest BCUT2D eigenvalue weighted by Gasteiger charge is -2.33. The van der Waals surface area contributed by atoms with Crippen molar-refractivity contribution in [3.63, 3.8) is 0 Å². The van der Waals surface area contributed by atoms with Crippen LogP contribution < -0.4 is 0 Å². The molecule has 14 heavy (non-hydrogen) atoms. The summed E-state index contributed by atoms with van der Waals surface area (Å²) in [6, 6.07) is 0. The quantitative estimate of drug-likeness (QED) is 0.753. The number of rotatable bonds is 4. The van der Waals surface area contributed by atoms with Gasteiger partial charge in [-0.15, -0.1) is 0 Å². The van der Waals surface area contributed by atoms with Crippen molar-refractivity contribution < 1.29 is 9.90 Å². The highest BCUT2D eigenvalue weighted by Gasteiger charge is 2.37. The first-order chi connectivity index (χ1) is 6.07. The smallest absolute Gasteiger partial charge is 0.309 e. The molecule has 0 aromatic heterocycles. The zero-order valence-electron chi connectivity index (χ0n) is 10.3. The second-order valence-electron chi connectivity index (χ2n) is 6.20. The molecule has 0 aliphatic carbocycles. The molecule has 1 N–H and O–H groups in total. The maximum Gasteiger partial charge on any atom is 0.309 e. The Morgan fingerprint density at radius 1 is 1.21 bits per heavy atom. The molecule has 0 aliphatic rings. The number of aliphatic carboxylic acids is 1. The van der Waals surface area contributed by atoms with Crippen LogP contribution >= 0.6 is 0 Å². The molecule has 1 unspecified atom stereocenters. The predicted octanol–water partition coefficient (Wildman–Crippen LogP) is 3.56. The molecule has 0 aromatic carbocycles. The van der Waals surface area contributed by atoms with E-state index in [2.05, 4.69) is 34.6 Å². The Bertz CT molecular complexity index is 201. The normalized spacial score (nSPS) is 16.8. The molecule has 0 saturated carbocycles. The van der Waals surface area contributed by atoms with Crippen molar-refractivity contribution >= 4 is 5.97 Å². The van der Waals surface area contributed by atoms with E-state index < -0.39 is 11.4 Å². The molecule has 0 radical (unpaired) electrons. The Labute approximate surface area is 87.7 Å². The molecular weight excluding hydrogens is 176 g/mol. The average Bonchev–Trinajstić information content (AvgIpc) is 1.79. The highest BCUT2D eigenvalue weighted by molar-refractivity contribution is 5.74. The van der Waals surface area contributed by atoms with E-state index in [4.69, 9.17) is 0 Å². The highest BCUT2D eigenvalue weighted by Crippen LogP contribution is 2.38. The molecule has 0 rings (SSSR count). The zero-order chi connectivity index (χ0) is 11.6. The van der Waals surface area contributed by atoms with Crippen molar-refractivity contribution in [1.82, 2.24) is 0 Å². The van der Waals surface area contributed by atoms with Crippen molar-refractivity contribution in [3.8, 4) is 0 Å². The molecule has 2 heteroatoms. The first-order valence-electron chi connectivity index (χ1n) is 5.30. The number of carbonyl (C=O) groups is 1. The fourth-order valence-electron chi connectivity index (χ4n) is 2.31.